The first-order valence-electron chi connectivity index (χ1n) is 10.2. The number of carbonyl (C=O) groups is 2. The first-order valence-corrected chi connectivity index (χ1v) is 11.0. The van der Waals surface area contributed by atoms with Crippen molar-refractivity contribution in [1.82, 2.24) is 15.1 Å². The highest BCUT2D eigenvalue weighted by atomic mass is 79.9. The fourth-order valence-corrected chi connectivity index (χ4v) is 5.24. The third-order valence-corrected chi connectivity index (χ3v) is 7.20. The molecule has 6 nitrogen and oxygen atoms in total. The van der Waals surface area contributed by atoms with Crippen molar-refractivity contribution in [2.45, 2.75) is 43.2 Å². The molecular formula is C21H26BrN3O3. The van der Waals surface area contributed by atoms with Crippen molar-refractivity contribution in [1.29, 1.82) is 0 Å². The molecule has 5 rings (SSSR count). The van der Waals surface area contributed by atoms with E-state index in [1.807, 2.05) is 12.1 Å². The summed E-state index contributed by atoms with van der Waals surface area (Å²) in [5.74, 6) is -0.0616. The van der Waals surface area contributed by atoms with Gasteiger partial charge in [-0.2, -0.15) is 0 Å². The second-order valence-electron chi connectivity index (χ2n) is 8.72. The molecule has 0 bridgehead atoms. The molecule has 28 heavy (non-hydrogen) atoms. The van der Waals surface area contributed by atoms with Crippen LogP contribution in [0.3, 0.4) is 0 Å². The first-order chi connectivity index (χ1) is 13.5. The molecule has 1 saturated carbocycles. The van der Waals surface area contributed by atoms with Crippen molar-refractivity contribution >= 4 is 27.7 Å². The smallest absolute Gasteiger partial charge is 0.254 e. The Bertz CT molecular complexity index is 806. The number of halogens is 1. The summed E-state index contributed by atoms with van der Waals surface area (Å²) in [6, 6.07) is 6.56. The van der Waals surface area contributed by atoms with Gasteiger partial charge in [0.2, 0.25) is 5.91 Å². The first kappa shape index (κ1) is 18.6. The van der Waals surface area contributed by atoms with Crippen molar-refractivity contribution in [2.24, 2.45) is 0 Å². The SMILES string of the molecule is O=C(CN1CC2(CC2)c2cc(Br)ccc2C1=O)N[C@@H]1CCCN(C2COC2)C1. The number of carbonyl (C=O) groups excluding carboxylic acids is 2. The lowest BCUT2D eigenvalue weighted by atomic mass is 9.86. The number of hydrogen-bond donors (Lipinski definition) is 1. The lowest BCUT2D eigenvalue weighted by Crippen LogP contribution is -2.57. The molecule has 1 aromatic rings. The number of nitrogens with zero attached hydrogens (tertiary/aromatic N) is 2. The number of fused-ring (bicyclic) bond motifs is 2. The molecule has 7 heteroatoms. The van der Waals surface area contributed by atoms with Gasteiger partial charge >= 0.3 is 0 Å². The standard InChI is InChI=1S/C21H26BrN3O3/c22-14-3-4-17-18(8-14)21(5-6-21)13-25(20(17)27)10-19(26)23-15-2-1-7-24(9-15)16-11-28-12-16/h3-4,8,15-16H,1-2,5-7,9-13H2,(H,23,26)/t15-/m1/s1. The molecule has 1 atom stereocenters. The van der Waals surface area contributed by atoms with Crippen LogP contribution in [0.1, 0.15) is 41.6 Å². The van der Waals surface area contributed by atoms with Gasteiger partial charge in [-0.3, -0.25) is 14.5 Å². The summed E-state index contributed by atoms with van der Waals surface area (Å²) in [5.41, 5.74) is 1.96. The number of nitrogens with one attached hydrogen (secondary N) is 1. The van der Waals surface area contributed by atoms with E-state index in [1.165, 1.54) is 0 Å². The summed E-state index contributed by atoms with van der Waals surface area (Å²) in [6.45, 7) is 4.38. The van der Waals surface area contributed by atoms with Gasteiger partial charge in [-0.25, -0.2) is 0 Å². The molecule has 2 amide bonds. The van der Waals surface area contributed by atoms with Gasteiger partial charge in [-0.1, -0.05) is 15.9 Å². The minimum atomic E-state index is -0.0404. The molecule has 3 aliphatic heterocycles. The Labute approximate surface area is 173 Å². The molecule has 0 radical (unpaired) electrons. The number of benzene rings is 1. The highest BCUT2D eigenvalue weighted by Crippen LogP contribution is 2.52. The minimum absolute atomic E-state index is 0.0212. The zero-order valence-electron chi connectivity index (χ0n) is 16.0. The topological polar surface area (TPSA) is 61.9 Å². The van der Waals surface area contributed by atoms with Gasteiger partial charge in [0.1, 0.15) is 0 Å². The van der Waals surface area contributed by atoms with Gasteiger partial charge in [-0.05, 0) is 56.0 Å². The van der Waals surface area contributed by atoms with Crippen LogP contribution >= 0.6 is 15.9 Å². The molecule has 0 unspecified atom stereocenters. The zero-order valence-corrected chi connectivity index (χ0v) is 17.5. The third-order valence-electron chi connectivity index (χ3n) is 6.71. The lowest BCUT2D eigenvalue weighted by molar-refractivity contribution is -0.123. The summed E-state index contributed by atoms with van der Waals surface area (Å²) < 4.78 is 6.31. The predicted molar refractivity (Wildman–Crippen MR) is 108 cm³/mol. The summed E-state index contributed by atoms with van der Waals surface area (Å²) in [7, 11) is 0. The van der Waals surface area contributed by atoms with Gasteiger partial charge < -0.3 is 15.0 Å². The predicted octanol–water partition coefficient (Wildman–Crippen LogP) is 1.92. The Morgan fingerprint density at radius 1 is 1.32 bits per heavy atom. The van der Waals surface area contributed by atoms with E-state index in [-0.39, 0.29) is 29.8 Å². The average Bonchev–Trinajstić information content (AvgIpc) is 3.39. The third kappa shape index (κ3) is 3.37. The number of ether oxygens (including phenoxy) is 1. The maximum absolute atomic E-state index is 13.0. The summed E-state index contributed by atoms with van der Waals surface area (Å²) in [4.78, 5) is 29.9. The van der Waals surface area contributed by atoms with E-state index in [2.05, 4.69) is 32.2 Å². The van der Waals surface area contributed by atoms with Crippen LogP contribution in [-0.2, 0) is 14.9 Å². The molecule has 150 valence electrons. The Morgan fingerprint density at radius 2 is 2.14 bits per heavy atom. The van der Waals surface area contributed by atoms with E-state index in [9.17, 15) is 9.59 Å². The number of rotatable bonds is 4. The molecule has 2 saturated heterocycles. The molecule has 1 spiro atoms. The Morgan fingerprint density at radius 3 is 2.86 bits per heavy atom. The Balaban J connectivity index is 1.23. The molecule has 1 aromatic carbocycles. The second kappa shape index (κ2) is 7.11. The van der Waals surface area contributed by atoms with Crippen LogP contribution in [0.2, 0.25) is 0 Å². The lowest BCUT2D eigenvalue weighted by Gasteiger charge is -2.42. The van der Waals surface area contributed by atoms with Gasteiger partial charge in [0.05, 0.1) is 25.8 Å². The normalized spacial score (nSPS) is 26.7. The van der Waals surface area contributed by atoms with Gasteiger partial charge in [0.15, 0.2) is 0 Å². The highest BCUT2D eigenvalue weighted by molar-refractivity contribution is 9.10. The van der Waals surface area contributed by atoms with Crippen molar-refractivity contribution in [3.8, 4) is 0 Å². The maximum Gasteiger partial charge on any atom is 0.254 e. The molecular weight excluding hydrogens is 422 g/mol. The van der Waals surface area contributed by atoms with Crippen molar-refractivity contribution in [2.75, 3.05) is 39.4 Å². The van der Waals surface area contributed by atoms with Crippen LogP contribution in [0.15, 0.2) is 22.7 Å². The largest absolute Gasteiger partial charge is 0.378 e. The van der Waals surface area contributed by atoms with E-state index in [0.29, 0.717) is 12.6 Å². The van der Waals surface area contributed by atoms with E-state index >= 15 is 0 Å². The minimum Gasteiger partial charge on any atom is -0.378 e. The van der Waals surface area contributed by atoms with Crippen LogP contribution in [0.25, 0.3) is 0 Å². The molecule has 3 heterocycles. The Hall–Kier alpha value is -1.44. The number of hydrogen-bond acceptors (Lipinski definition) is 4. The molecule has 4 aliphatic rings. The molecule has 1 N–H and O–H groups in total. The Kier molecular flexibility index (Phi) is 4.72. The van der Waals surface area contributed by atoms with Gasteiger partial charge in [-0.15, -0.1) is 0 Å². The maximum atomic E-state index is 13.0. The van der Waals surface area contributed by atoms with Crippen LogP contribution < -0.4 is 5.32 Å². The highest BCUT2D eigenvalue weighted by Gasteiger charge is 2.51. The van der Waals surface area contributed by atoms with Crippen LogP contribution in [-0.4, -0.2) is 73.1 Å². The van der Waals surface area contributed by atoms with Crippen LogP contribution in [0, 0.1) is 0 Å². The molecule has 3 fully saturated rings. The quantitative estimate of drug-likeness (QED) is 0.765. The summed E-state index contributed by atoms with van der Waals surface area (Å²) >= 11 is 3.52. The van der Waals surface area contributed by atoms with Crippen LogP contribution in [0.4, 0.5) is 0 Å². The number of likely N-dealkylation sites (tertiary alicyclic amines) is 1. The number of piperidine rings is 1. The van der Waals surface area contributed by atoms with E-state index < -0.39 is 0 Å². The van der Waals surface area contributed by atoms with Crippen LogP contribution in [0.5, 0.6) is 0 Å². The van der Waals surface area contributed by atoms with Crippen molar-refractivity contribution in [3.63, 3.8) is 0 Å². The second-order valence-corrected chi connectivity index (χ2v) is 9.64. The fourth-order valence-electron chi connectivity index (χ4n) is 4.88. The van der Waals surface area contributed by atoms with Crippen molar-refractivity contribution < 1.29 is 14.3 Å². The summed E-state index contributed by atoms with van der Waals surface area (Å²) in [5, 5.41) is 3.18. The average molecular weight is 448 g/mol. The number of amides is 2. The zero-order chi connectivity index (χ0) is 19.3. The molecule has 0 aromatic heterocycles. The monoisotopic (exact) mass is 447 g/mol. The van der Waals surface area contributed by atoms with E-state index in [4.69, 9.17) is 4.74 Å². The molecule has 1 aliphatic carbocycles. The van der Waals surface area contributed by atoms with E-state index in [1.54, 1.807) is 4.90 Å². The summed E-state index contributed by atoms with van der Waals surface area (Å²) in [6.07, 6.45) is 4.27. The van der Waals surface area contributed by atoms with E-state index in [0.717, 1.165) is 67.6 Å². The van der Waals surface area contributed by atoms with Crippen molar-refractivity contribution in [3.05, 3.63) is 33.8 Å². The van der Waals surface area contributed by atoms with Gasteiger partial charge in [0.25, 0.3) is 5.91 Å². The fraction of sp³-hybridized carbons (Fsp3) is 0.619. The van der Waals surface area contributed by atoms with Gasteiger partial charge in [0, 0.05) is 34.6 Å².